The Hall–Kier alpha value is -1.85. The second kappa shape index (κ2) is 9.02. The largest absolute Gasteiger partial charge is 0.489 e. The molecule has 0 aromatic heterocycles. The average molecular weight is 344 g/mol. The van der Waals surface area contributed by atoms with Gasteiger partial charge in [-0.25, -0.2) is 0 Å². The summed E-state index contributed by atoms with van der Waals surface area (Å²) in [6.45, 7) is 9.42. The Morgan fingerprint density at radius 1 is 1.24 bits per heavy atom. The van der Waals surface area contributed by atoms with Crippen molar-refractivity contribution < 1.29 is 14.3 Å². The Bertz CT molecular complexity index is 584. The van der Waals surface area contributed by atoms with E-state index in [2.05, 4.69) is 11.5 Å². The Morgan fingerprint density at radius 2 is 2.12 bits per heavy atom. The summed E-state index contributed by atoms with van der Waals surface area (Å²) in [4.78, 5) is 17.3. The molecule has 1 aromatic carbocycles. The Labute approximate surface area is 150 Å². The van der Waals surface area contributed by atoms with E-state index in [1.807, 2.05) is 29.2 Å². The molecule has 1 atom stereocenters. The molecule has 5 nitrogen and oxygen atoms in total. The van der Waals surface area contributed by atoms with Crippen LogP contribution in [-0.2, 0) is 4.74 Å². The molecule has 136 valence electrons. The third-order valence-corrected chi connectivity index (χ3v) is 4.84. The van der Waals surface area contributed by atoms with Gasteiger partial charge in [0.15, 0.2) is 0 Å². The summed E-state index contributed by atoms with van der Waals surface area (Å²) in [6.07, 6.45) is 5.39. The van der Waals surface area contributed by atoms with Crippen LogP contribution < -0.4 is 4.74 Å². The topological polar surface area (TPSA) is 42.0 Å². The van der Waals surface area contributed by atoms with Gasteiger partial charge in [0.05, 0.1) is 11.7 Å². The van der Waals surface area contributed by atoms with Crippen molar-refractivity contribution in [3.8, 4) is 5.75 Å². The summed E-state index contributed by atoms with van der Waals surface area (Å²) in [6, 6.07) is 7.46. The molecule has 1 unspecified atom stereocenters. The molecule has 2 fully saturated rings. The van der Waals surface area contributed by atoms with Gasteiger partial charge in [0.25, 0.3) is 5.91 Å². The molecule has 2 aliphatic rings. The summed E-state index contributed by atoms with van der Waals surface area (Å²) in [5, 5.41) is 0. The van der Waals surface area contributed by atoms with Gasteiger partial charge in [0, 0.05) is 32.8 Å². The Balaban J connectivity index is 1.60. The third kappa shape index (κ3) is 4.83. The zero-order chi connectivity index (χ0) is 17.5. The van der Waals surface area contributed by atoms with Gasteiger partial charge in [-0.1, -0.05) is 24.8 Å². The van der Waals surface area contributed by atoms with Crippen LogP contribution in [0.4, 0.5) is 0 Å². The van der Waals surface area contributed by atoms with Crippen LogP contribution in [-0.4, -0.2) is 67.7 Å². The first-order valence-corrected chi connectivity index (χ1v) is 9.24. The smallest absolute Gasteiger partial charge is 0.257 e. The molecule has 1 amide bonds. The number of benzene rings is 1. The highest BCUT2D eigenvalue weighted by Gasteiger charge is 2.25. The molecule has 3 rings (SSSR count). The summed E-state index contributed by atoms with van der Waals surface area (Å²) < 4.78 is 11.4. The van der Waals surface area contributed by atoms with E-state index in [1.54, 1.807) is 6.08 Å². The normalized spacial score (nSPS) is 21.8. The molecule has 2 saturated heterocycles. The van der Waals surface area contributed by atoms with Crippen molar-refractivity contribution in [1.29, 1.82) is 0 Å². The fourth-order valence-corrected chi connectivity index (χ4v) is 3.52. The number of hydrogen-bond acceptors (Lipinski definition) is 4. The van der Waals surface area contributed by atoms with Gasteiger partial charge in [-0.3, -0.25) is 9.69 Å². The molecule has 0 saturated carbocycles. The fraction of sp³-hybridized carbons (Fsp3) is 0.550. The highest BCUT2D eigenvalue weighted by molar-refractivity contribution is 5.97. The van der Waals surface area contributed by atoms with E-state index in [1.165, 1.54) is 6.42 Å². The predicted octanol–water partition coefficient (Wildman–Crippen LogP) is 2.58. The van der Waals surface area contributed by atoms with E-state index in [9.17, 15) is 4.79 Å². The van der Waals surface area contributed by atoms with Crippen LogP contribution in [0.5, 0.6) is 5.75 Å². The molecule has 0 N–H and O–H groups in total. The summed E-state index contributed by atoms with van der Waals surface area (Å²) in [7, 11) is 0. The molecule has 25 heavy (non-hydrogen) atoms. The molecule has 0 aliphatic carbocycles. The maximum Gasteiger partial charge on any atom is 0.257 e. The lowest BCUT2D eigenvalue weighted by atomic mass is 10.1. The maximum absolute atomic E-state index is 13.0. The number of rotatable bonds is 6. The average Bonchev–Trinajstić information content (AvgIpc) is 3.04. The van der Waals surface area contributed by atoms with E-state index < -0.39 is 0 Å². The molecule has 2 aliphatic heterocycles. The van der Waals surface area contributed by atoms with E-state index in [4.69, 9.17) is 9.47 Å². The summed E-state index contributed by atoms with van der Waals surface area (Å²) in [5.74, 6) is 0.687. The first-order chi connectivity index (χ1) is 12.3. The molecule has 0 spiro atoms. The van der Waals surface area contributed by atoms with Crippen LogP contribution in [0, 0.1) is 0 Å². The van der Waals surface area contributed by atoms with Crippen molar-refractivity contribution >= 4 is 5.91 Å². The standard InChI is InChI=1S/C20H28N2O3/c1-2-14-25-19-9-4-3-8-18(19)20(23)22-11-6-10-21(12-13-22)16-17-7-5-15-24-17/h2-4,8-9,17H,1,5-7,10-16H2. The molecule has 2 heterocycles. The van der Waals surface area contributed by atoms with Crippen LogP contribution in [0.15, 0.2) is 36.9 Å². The zero-order valence-electron chi connectivity index (χ0n) is 14.9. The molecule has 5 heteroatoms. The van der Waals surface area contributed by atoms with Crippen molar-refractivity contribution in [2.45, 2.75) is 25.4 Å². The molecule has 0 radical (unpaired) electrons. The van der Waals surface area contributed by atoms with Crippen LogP contribution in [0.3, 0.4) is 0 Å². The molecular weight excluding hydrogens is 316 g/mol. The van der Waals surface area contributed by atoms with Crippen molar-refractivity contribution in [2.24, 2.45) is 0 Å². The lowest BCUT2D eigenvalue weighted by Crippen LogP contribution is -2.37. The minimum Gasteiger partial charge on any atom is -0.489 e. The van der Waals surface area contributed by atoms with Gasteiger partial charge in [-0.2, -0.15) is 0 Å². The monoisotopic (exact) mass is 344 g/mol. The van der Waals surface area contributed by atoms with Gasteiger partial charge < -0.3 is 14.4 Å². The van der Waals surface area contributed by atoms with E-state index >= 15 is 0 Å². The number of hydrogen-bond donors (Lipinski definition) is 0. The van der Waals surface area contributed by atoms with Crippen molar-refractivity contribution in [1.82, 2.24) is 9.80 Å². The van der Waals surface area contributed by atoms with Crippen LogP contribution in [0.1, 0.15) is 29.6 Å². The van der Waals surface area contributed by atoms with E-state index in [0.717, 1.165) is 52.2 Å². The van der Waals surface area contributed by atoms with Gasteiger partial charge in [0.2, 0.25) is 0 Å². The summed E-state index contributed by atoms with van der Waals surface area (Å²) in [5.41, 5.74) is 0.636. The molecule has 1 aromatic rings. The number of nitrogens with zero attached hydrogens (tertiary/aromatic N) is 2. The van der Waals surface area contributed by atoms with Crippen molar-refractivity contribution in [3.05, 3.63) is 42.5 Å². The second-order valence-corrected chi connectivity index (χ2v) is 6.68. The Kier molecular flexibility index (Phi) is 6.48. The fourth-order valence-electron chi connectivity index (χ4n) is 3.52. The van der Waals surface area contributed by atoms with Crippen molar-refractivity contribution in [3.63, 3.8) is 0 Å². The zero-order valence-corrected chi connectivity index (χ0v) is 14.9. The first-order valence-electron chi connectivity index (χ1n) is 9.24. The Morgan fingerprint density at radius 3 is 2.92 bits per heavy atom. The van der Waals surface area contributed by atoms with Gasteiger partial charge in [-0.15, -0.1) is 0 Å². The predicted molar refractivity (Wildman–Crippen MR) is 98.1 cm³/mol. The van der Waals surface area contributed by atoms with E-state index in [0.29, 0.717) is 24.0 Å². The summed E-state index contributed by atoms with van der Waals surface area (Å²) >= 11 is 0. The number of amides is 1. The van der Waals surface area contributed by atoms with E-state index in [-0.39, 0.29) is 5.91 Å². The van der Waals surface area contributed by atoms with Gasteiger partial charge in [0.1, 0.15) is 12.4 Å². The molecular formula is C20H28N2O3. The lowest BCUT2D eigenvalue weighted by molar-refractivity contribution is 0.0702. The number of carbonyl (C=O) groups excluding carboxylic acids is 1. The van der Waals surface area contributed by atoms with Crippen LogP contribution in [0.2, 0.25) is 0 Å². The van der Waals surface area contributed by atoms with Gasteiger partial charge in [-0.05, 0) is 37.9 Å². The maximum atomic E-state index is 13.0. The minimum absolute atomic E-state index is 0.0543. The second-order valence-electron chi connectivity index (χ2n) is 6.68. The quantitative estimate of drug-likeness (QED) is 0.744. The first kappa shape index (κ1) is 18.0. The van der Waals surface area contributed by atoms with Crippen LogP contribution in [0.25, 0.3) is 0 Å². The highest BCUT2D eigenvalue weighted by atomic mass is 16.5. The highest BCUT2D eigenvalue weighted by Crippen LogP contribution is 2.21. The van der Waals surface area contributed by atoms with Crippen LogP contribution >= 0.6 is 0 Å². The minimum atomic E-state index is 0.0543. The SMILES string of the molecule is C=CCOc1ccccc1C(=O)N1CCCN(CC2CCCO2)CC1. The van der Waals surface area contributed by atoms with Gasteiger partial charge >= 0.3 is 0 Å². The third-order valence-electron chi connectivity index (χ3n) is 4.84. The number of ether oxygens (including phenoxy) is 2. The lowest BCUT2D eigenvalue weighted by Gasteiger charge is -2.24. The number of carbonyl (C=O) groups is 1. The number of para-hydroxylation sites is 1. The molecule has 0 bridgehead atoms. The van der Waals surface area contributed by atoms with Crippen molar-refractivity contribution in [2.75, 3.05) is 45.9 Å².